The Labute approximate surface area is 101 Å². The van der Waals surface area contributed by atoms with Gasteiger partial charge in [-0.05, 0) is 18.2 Å². The van der Waals surface area contributed by atoms with E-state index < -0.39 is 11.6 Å². The molecule has 0 spiro atoms. The molecule has 0 amide bonds. The highest BCUT2D eigenvalue weighted by molar-refractivity contribution is 5.72. The number of pyridine rings is 1. The van der Waals surface area contributed by atoms with Crippen LogP contribution in [-0.2, 0) is 6.54 Å². The summed E-state index contributed by atoms with van der Waals surface area (Å²) >= 11 is 0. The number of hydrogen-bond acceptors (Lipinski definition) is 3. The summed E-state index contributed by atoms with van der Waals surface area (Å²) in [7, 11) is 0. The summed E-state index contributed by atoms with van der Waals surface area (Å²) < 4.78 is 28.5. The molecule has 0 saturated heterocycles. The second-order valence-electron chi connectivity index (χ2n) is 3.81. The van der Waals surface area contributed by atoms with Crippen LogP contribution in [0, 0.1) is 11.6 Å². The average Bonchev–Trinajstić information content (AvgIpc) is 2.77. The first-order valence-electron chi connectivity index (χ1n) is 5.32. The van der Waals surface area contributed by atoms with Crippen LogP contribution >= 0.6 is 0 Å². The highest BCUT2D eigenvalue weighted by Gasteiger charge is 2.11. The maximum atomic E-state index is 13.5. The Morgan fingerprint density at radius 1 is 1.11 bits per heavy atom. The Kier molecular flexibility index (Phi) is 2.47. The van der Waals surface area contributed by atoms with Crippen LogP contribution in [0.4, 0.5) is 8.78 Å². The van der Waals surface area contributed by atoms with E-state index in [4.69, 9.17) is 0 Å². The topological polar surface area (TPSA) is 43.6 Å². The minimum atomic E-state index is -0.590. The lowest BCUT2D eigenvalue weighted by molar-refractivity contribution is 0.532. The monoisotopic (exact) mass is 246 g/mol. The number of aromatic nitrogens is 4. The second kappa shape index (κ2) is 4.14. The van der Waals surface area contributed by atoms with Crippen molar-refractivity contribution in [2.24, 2.45) is 0 Å². The van der Waals surface area contributed by atoms with Crippen molar-refractivity contribution in [3.05, 3.63) is 53.9 Å². The van der Waals surface area contributed by atoms with Gasteiger partial charge in [-0.15, -0.1) is 5.10 Å². The summed E-state index contributed by atoms with van der Waals surface area (Å²) in [6.07, 6.45) is 3.14. The van der Waals surface area contributed by atoms with E-state index in [1.54, 1.807) is 18.5 Å². The number of halogens is 2. The first-order valence-corrected chi connectivity index (χ1v) is 5.32. The van der Waals surface area contributed by atoms with Gasteiger partial charge in [0.05, 0.1) is 18.3 Å². The van der Waals surface area contributed by atoms with Gasteiger partial charge in [-0.3, -0.25) is 4.98 Å². The van der Waals surface area contributed by atoms with Crippen LogP contribution in [0.25, 0.3) is 11.0 Å². The molecule has 0 aliphatic rings. The van der Waals surface area contributed by atoms with Gasteiger partial charge >= 0.3 is 0 Å². The summed E-state index contributed by atoms with van der Waals surface area (Å²) in [5.74, 6) is -1.18. The van der Waals surface area contributed by atoms with Gasteiger partial charge in [0, 0.05) is 11.8 Å². The zero-order valence-corrected chi connectivity index (χ0v) is 9.22. The largest absolute Gasteiger partial charge is 0.262 e. The molecule has 0 fully saturated rings. The molecule has 2 aromatic heterocycles. The Hall–Kier alpha value is -2.37. The lowest BCUT2D eigenvalue weighted by Crippen LogP contribution is -2.06. The molecule has 0 aliphatic carbocycles. The molecule has 2 heterocycles. The highest BCUT2D eigenvalue weighted by atomic mass is 19.1. The van der Waals surface area contributed by atoms with Crippen molar-refractivity contribution < 1.29 is 8.78 Å². The standard InChI is InChI=1S/C12H8F2N4/c13-9-2-1-3-10(14)8(9)7-18-12-4-5-15-6-11(12)16-17-18/h1-6H,7H2. The summed E-state index contributed by atoms with van der Waals surface area (Å²) in [4.78, 5) is 3.90. The lowest BCUT2D eigenvalue weighted by Gasteiger charge is -2.05. The van der Waals surface area contributed by atoms with Crippen molar-refractivity contribution in [3.8, 4) is 0 Å². The third-order valence-corrected chi connectivity index (χ3v) is 2.69. The summed E-state index contributed by atoms with van der Waals surface area (Å²) in [6.45, 7) is -0.000972. The first kappa shape index (κ1) is 10.8. The normalized spacial score (nSPS) is 11.0. The number of nitrogens with zero attached hydrogens (tertiary/aromatic N) is 4. The van der Waals surface area contributed by atoms with Gasteiger partial charge in [0.1, 0.15) is 17.2 Å². The van der Waals surface area contributed by atoms with Gasteiger partial charge in [-0.25, -0.2) is 13.5 Å². The minimum absolute atomic E-state index is 0.000972. The van der Waals surface area contributed by atoms with Crippen molar-refractivity contribution in [2.45, 2.75) is 6.54 Å². The quantitative estimate of drug-likeness (QED) is 0.696. The Morgan fingerprint density at radius 3 is 2.67 bits per heavy atom. The fourth-order valence-corrected chi connectivity index (χ4v) is 1.77. The molecule has 0 unspecified atom stereocenters. The molecule has 0 N–H and O–H groups in total. The molecule has 90 valence electrons. The van der Waals surface area contributed by atoms with Gasteiger partial charge in [0.25, 0.3) is 0 Å². The van der Waals surface area contributed by atoms with E-state index in [1.165, 1.54) is 22.9 Å². The smallest absolute Gasteiger partial charge is 0.131 e. The van der Waals surface area contributed by atoms with Crippen LogP contribution < -0.4 is 0 Å². The van der Waals surface area contributed by atoms with E-state index in [0.29, 0.717) is 11.0 Å². The fraction of sp³-hybridized carbons (Fsp3) is 0.0833. The molecule has 18 heavy (non-hydrogen) atoms. The third-order valence-electron chi connectivity index (χ3n) is 2.69. The molecule has 4 nitrogen and oxygen atoms in total. The second-order valence-corrected chi connectivity index (χ2v) is 3.81. The fourth-order valence-electron chi connectivity index (χ4n) is 1.77. The Morgan fingerprint density at radius 2 is 1.89 bits per heavy atom. The van der Waals surface area contributed by atoms with Crippen LogP contribution in [0.1, 0.15) is 5.56 Å². The van der Waals surface area contributed by atoms with Crippen molar-refractivity contribution in [3.63, 3.8) is 0 Å². The molecular formula is C12H8F2N4. The van der Waals surface area contributed by atoms with Gasteiger partial charge in [0.15, 0.2) is 0 Å². The predicted octanol–water partition coefficient (Wildman–Crippen LogP) is 2.15. The molecule has 0 radical (unpaired) electrons. The molecule has 0 atom stereocenters. The SMILES string of the molecule is Fc1cccc(F)c1Cn1nnc2cnccc21. The van der Waals surface area contributed by atoms with E-state index in [-0.39, 0.29) is 12.1 Å². The predicted molar refractivity (Wildman–Crippen MR) is 60.8 cm³/mol. The third kappa shape index (κ3) is 1.71. The van der Waals surface area contributed by atoms with E-state index in [2.05, 4.69) is 15.3 Å². The van der Waals surface area contributed by atoms with Crippen LogP contribution in [0.2, 0.25) is 0 Å². The molecule has 1 aromatic carbocycles. The highest BCUT2D eigenvalue weighted by Crippen LogP contribution is 2.16. The van der Waals surface area contributed by atoms with E-state index >= 15 is 0 Å². The Bertz CT molecular complexity index is 688. The van der Waals surface area contributed by atoms with Crippen LogP contribution in [-0.4, -0.2) is 20.0 Å². The van der Waals surface area contributed by atoms with Crippen molar-refractivity contribution in [2.75, 3.05) is 0 Å². The zero-order valence-electron chi connectivity index (χ0n) is 9.22. The zero-order chi connectivity index (χ0) is 12.5. The number of fused-ring (bicyclic) bond motifs is 1. The number of rotatable bonds is 2. The van der Waals surface area contributed by atoms with Gasteiger partial charge in [-0.2, -0.15) is 0 Å². The van der Waals surface area contributed by atoms with Gasteiger partial charge < -0.3 is 0 Å². The molecule has 3 rings (SSSR count). The maximum Gasteiger partial charge on any atom is 0.131 e. The van der Waals surface area contributed by atoms with E-state index in [0.717, 1.165) is 0 Å². The van der Waals surface area contributed by atoms with E-state index in [1.807, 2.05) is 0 Å². The van der Waals surface area contributed by atoms with Gasteiger partial charge in [-0.1, -0.05) is 11.3 Å². The lowest BCUT2D eigenvalue weighted by atomic mass is 10.2. The maximum absolute atomic E-state index is 13.5. The first-order chi connectivity index (χ1) is 8.75. The summed E-state index contributed by atoms with van der Waals surface area (Å²) in [5, 5.41) is 7.75. The summed E-state index contributed by atoms with van der Waals surface area (Å²) in [6, 6.07) is 5.48. The Balaban J connectivity index is 2.07. The van der Waals surface area contributed by atoms with Crippen molar-refractivity contribution >= 4 is 11.0 Å². The van der Waals surface area contributed by atoms with Crippen LogP contribution in [0.5, 0.6) is 0 Å². The van der Waals surface area contributed by atoms with Crippen molar-refractivity contribution in [1.29, 1.82) is 0 Å². The molecule has 0 saturated carbocycles. The molecule has 0 aliphatic heterocycles. The van der Waals surface area contributed by atoms with Gasteiger partial charge in [0.2, 0.25) is 0 Å². The molecule has 3 aromatic rings. The molecular weight excluding hydrogens is 238 g/mol. The minimum Gasteiger partial charge on any atom is -0.262 e. The molecule has 6 heteroatoms. The number of hydrogen-bond donors (Lipinski definition) is 0. The number of benzene rings is 1. The molecule has 0 bridgehead atoms. The summed E-state index contributed by atoms with van der Waals surface area (Å²) in [5.41, 5.74) is 1.25. The average molecular weight is 246 g/mol. The van der Waals surface area contributed by atoms with Crippen LogP contribution in [0.15, 0.2) is 36.7 Å². The van der Waals surface area contributed by atoms with E-state index in [9.17, 15) is 8.78 Å². The van der Waals surface area contributed by atoms with Crippen molar-refractivity contribution in [1.82, 2.24) is 20.0 Å². The van der Waals surface area contributed by atoms with Crippen LogP contribution in [0.3, 0.4) is 0 Å².